The van der Waals surface area contributed by atoms with E-state index in [-0.39, 0.29) is 4.90 Å². The van der Waals surface area contributed by atoms with Gasteiger partial charge in [-0.25, -0.2) is 8.42 Å². The summed E-state index contributed by atoms with van der Waals surface area (Å²) in [7, 11) is -3.90. The van der Waals surface area contributed by atoms with E-state index in [2.05, 4.69) is 0 Å². The first kappa shape index (κ1) is 14.2. The fraction of sp³-hybridized carbons (Fsp3) is 0.273. The lowest BCUT2D eigenvalue weighted by Crippen LogP contribution is -2.38. The first-order valence-corrected chi connectivity index (χ1v) is 6.52. The van der Waals surface area contributed by atoms with E-state index in [0.29, 0.717) is 11.1 Å². The summed E-state index contributed by atoms with van der Waals surface area (Å²) in [6, 6.07) is 4.76. The molecule has 1 rings (SSSR count). The van der Waals surface area contributed by atoms with Crippen LogP contribution in [0.15, 0.2) is 23.1 Å². The van der Waals surface area contributed by atoms with Gasteiger partial charge in [0, 0.05) is 0 Å². The van der Waals surface area contributed by atoms with Gasteiger partial charge in [0.25, 0.3) is 0 Å². The summed E-state index contributed by atoms with van der Waals surface area (Å²) in [5.41, 5.74) is 0.733. The smallest absolute Gasteiger partial charge is 0.321 e. The van der Waals surface area contributed by atoms with Crippen molar-refractivity contribution in [3.05, 3.63) is 29.3 Å². The predicted octanol–water partition coefficient (Wildman–Crippen LogP) is 0.618. The molecule has 0 aliphatic carbocycles. The lowest BCUT2D eigenvalue weighted by atomic mass is 10.2. The van der Waals surface area contributed by atoms with Crippen molar-refractivity contribution in [2.24, 2.45) is 0 Å². The van der Waals surface area contributed by atoms with Gasteiger partial charge in [0.1, 0.15) is 6.04 Å². The normalized spacial score (nSPS) is 12.7. The summed E-state index contributed by atoms with van der Waals surface area (Å²) in [6.45, 7) is 2.78. The van der Waals surface area contributed by atoms with Gasteiger partial charge in [-0.15, -0.1) is 0 Å². The molecule has 1 atom stereocenters. The van der Waals surface area contributed by atoms with Crippen LogP contribution >= 0.6 is 0 Å². The number of carboxylic acid groups (broad SMARTS) is 1. The maximum Gasteiger partial charge on any atom is 0.321 e. The van der Waals surface area contributed by atoms with Crippen LogP contribution < -0.4 is 4.72 Å². The second-order valence-electron chi connectivity index (χ2n) is 3.77. The van der Waals surface area contributed by atoms with Gasteiger partial charge in [0.05, 0.1) is 16.5 Å². The second-order valence-corrected chi connectivity index (χ2v) is 5.46. The van der Waals surface area contributed by atoms with Crippen LogP contribution in [0.5, 0.6) is 0 Å². The fourth-order valence-corrected chi connectivity index (χ4v) is 2.79. The molecule has 0 aliphatic rings. The number of carbonyl (C=O) groups is 1. The Balaban J connectivity index is 3.14. The van der Waals surface area contributed by atoms with E-state index in [1.165, 1.54) is 25.1 Å². The van der Waals surface area contributed by atoms with Gasteiger partial charge in [-0.2, -0.15) is 9.98 Å². The highest BCUT2D eigenvalue weighted by Gasteiger charge is 2.22. The van der Waals surface area contributed by atoms with Crippen molar-refractivity contribution < 1.29 is 18.3 Å². The Kier molecular flexibility index (Phi) is 4.06. The molecule has 1 aromatic rings. The van der Waals surface area contributed by atoms with Crippen molar-refractivity contribution in [3.8, 4) is 6.07 Å². The predicted molar refractivity (Wildman–Crippen MR) is 63.3 cm³/mol. The number of aryl methyl sites for hydroxylation is 1. The number of aliphatic carboxylic acids is 1. The molecule has 1 aromatic carbocycles. The quantitative estimate of drug-likeness (QED) is 0.832. The Morgan fingerprint density at radius 2 is 2.11 bits per heavy atom. The number of hydrogen-bond acceptors (Lipinski definition) is 4. The maximum atomic E-state index is 11.9. The minimum atomic E-state index is -3.90. The first-order valence-electron chi connectivity index (χ1n) is 5.04. The monoisotopic (exact) mass is 268 g/mol. The van der Waals surface area contributed by atoms with Crippen molar-refractivity contribution in [1.29, 1.82) is 5.26 Å². The van der Waals surface area contributed by atoms with Crippen molar-refractivity contribution >= 4 is 16.0 Å². The van der Waals surface area contributed by atoms with Gasteiger partial charge < -0.3 is 5.11 Å². The van der Waals surface area contributed by atoms with Crippen LogP contribution in [0.1, 0.15) is 18.1 Å². The Morgan fingerprint density at radius 3 is 2.56 bits per heavy atom. The fourth-order valence-electron chi connectivity index (χ4n) is 1.37. The summed E-state index contributed by atoms with van der Waals surface area (Å²) in [5, 5.41) is 17.4. The van der Waals surface area contributed by atoms with E-state index in [1.54, 1.807) is 6.92 Å². The topological polar surface area (TPSA) is 107 Å². The number of nitriles is 1. The van der Waals surface area contributed by atoms with E-state index in [4.69, 9.17) is 10.4 Å². The number of nitrogens with one attached hydrogen (secondary N) is 1. The Bertz CT molecular complexity index is 616. The molecule has 18 heavy (non-hydrogen) atoms. The van der Waals surface area contributed by atoms with E-state index in [9.17, 15) is 13.2 Å². The minimum Gasteiger partial charge on any atom is -0.480 e. The number of carboxylic acids is 1. The summed E-state index contributed by atoms with van der Waals surface area (Å²) >= 11 is 0. The molecule has 0 fully saturated rings. The molecule has 0 aliphatic heterocycles. The Hall–Kier alpha value is -1.91. The van der Waals surface area contributed by atoms with Gasteiger partial charge in [-0.1, -0.05) is 0 Å². The molecular weight excluding hydrogens is 256 g/mol. The SMILES string of the molecule is Cc1cc(C#N)ccc1S(=O)(=O)N[C@@H](C)C(=O)O. The molecule has 0 bridgehead atoms. The molecule has 0 spiro atoms. The molecular formula is C11H12N2O4S. The zero-order valence-corrected chi connectivity index (χ0v) is 10.7. The lowest BCUT2D eigenvalue weighted by molar-refractivity contribution is -0.138. The molecule has 0 aromatic heterocycles. The molecule has 0 unspecified atom stereocenters. The number of rotatable bonds is 4. The molecule has 6 nitrogen and oxygen atoms in total. The van der Waals surface area contributed by atoms with E-state index in [1.807, 2.05) is 10.8 Å². The van der Waals surface area contributed by atoms with Crippen molar-refractivity contribution in [2.75, 3.05) is 0 Å². The third-order valence-corrected chi connectivity index (χ3v) is 4.00. The maximum absolute atomic E-state index is 11.9. The molecule has 0 radical (unpaired) electrons. The standard InChI is InChI=1S/C11H12N2O4S/c1-7-5-9(6-12)3-4-10(7)18(16,17)13-8(2)11(14)15/h3-5,8,13H,1-2H3,(H,14,15)/t8-/m0/s1. The average Bonchev–Trinajstić information content (AvgIpc) is 2.27. The van der Waals surface area contributed by atoms with E-state index >= 15 is 0 Å². The third kappa shape index (κ3) is 3.06. The number of nitrogens with zero attached hydrogens (tertiary/aromatic N) is 1. The molecule has 0 amide bonds. The van der Waals surface area contributed by atoms with Crippen LogP contribution in [0.25, 0.3) is 0 Å². The Morgan fingerprint density at radius 1 is 1.50 bits per heavy atom. The summed E-state index contributed by atoms with van der Waals surface area (Å²) in [6.07, 6.45) is 0. The molecule has 0 saturated carbocycles. The van der Waals surface area contributed by atoms with Gasteiger partial charge in [0.2, 0.25) is 10.0 Å². The summed E-state index contributed by atoms with van der Waals surface area (Å²) in [4.78, 5) is 10.6. The van der Waals surface area contributed by atoms with Crippen molar-refractivity contribution in [1.82, 2.24) is 4.72 Å². The molecule has 0 heterocycles. The van der Waals surface area contributed by atoms with Crippen LogP contribution in [0.4, 0.5) is 0 Å². The van der Waals surface area contributed by atoms with Crippen LogP contribution in [0.2, 0.25) is 0 Å². The van der Waals surface area contributed by atoms with Gasteiger partial charge >= 0.3 is 5.97 Å². The first-order chi connectivity index (χ1) is 8.27. The number of sulfonamides is 1. The van der Waals surface area contributed by atoms with Crippen molar-refractivity contribution in [2.45, 2.75) is 24.8 Å². The van der Waals surface area contributed by atoms with Gasteiger partial charge in [-0.05, 0) is 37.6 Å². The van der Waals surface area contributed by atoms with Crippen LogP contribution in [-0.4, -0.2) is 25.5 Å². The summed E-state index contributed by atoms with van der Waals surface area (Å²) in [5.74, 6) is -1.26. The van der Waals surface area contributed by atoms with Gasteiger partial charge in [0.15, 0.2) is 0 Å². The highest BCUT2D eigenvalue weighted by Crippen LogP contribution is 2.16. The molecule has 0 saturated heterocycles. The zero-order chi connectivity index (χ0) is 13.9. The lowest BCUT2D eigenvalue weighted by Gasteiger charge is -2.12. The Labute approximate surface area is 105 Å². The average molecular weight is 268 g/mol. The molecule has 2 N–H and O–H groups in total. The largest absolute Gasteiger partial charge is 0.480 e. The van der Waals surface area contributed by atoms with Crippen molar-refractivity contribution in [3.63, 3.8) is 0 Å². The van der Waals surface area contributed by atoms with Crippen LogP contribution in [0, 0.1) is 18.3 Å². The van der Waals surface area contributed by atoms with E-state index < -0.39 is 22.0 Å². The van der Waals surface area contributed by atoms with Crippen LogP contribution in [-0.2, 0) is 14.8 Å². The minimum absolute atomic E-state index is 0.0328. The van der Waals surface area contributed by atoms with Gasteiger partial charge in [-0.3, -0.25) is 4.79 Å². The highest BCUT2D eigenvalue weighted by atomic mass is 32.2. The molecule has 96 valence electrons. The second kappa shape index (κ2) is 5.16. The summed E-state index contributed by atoms with van der Waals surface area (Å²) < 4.78 is 25.9. The third-order valence-electron chi connectivity index (χ3n) is 2.30. The molecule has 7 heteroatoms. The number of benzene rings is 1. The zero-order valence-electron chi connectivity index (χ0n) is 9.84. The highest BCUT2D eigenvalue weighted by molar-refractivity contribution is 7.89. The van der Waals surface area contributed by atoms with E-state index in [0.717, 1.165) is 0 Å². The number of hydrogen-bond donors (Lipinski definition) is 2. The van der Waals surface area contributed by atoms with Crippen LogP contribution in [0.3, 0.4) is 0 Å².